The van der Waals surface area contributed by atoms with Crippen molar-refractivity contribution in [2.24, 2.45) is 0 Å². The lowest BCUT2D eigenvalue weighted by Crippen LogP contribution is -2.21. The number of ether oxygens (including phenoxy) is 2. The first-order chi connectivity index (χ1) is 12.8. The van der Waals surface area contributed by atoms with Crippen LogP contribution in [0.25, 0.3) is 0 Å². The summed E-state index contributed by atoms with van der Waals surface area (Å²) in [6.45, 7) is 5.25. The Kier molecular flexibility index (Phi) is 9.29. The number of rotatable bonds is 8. The minimum absolute atomic E-state index is 0.293. The second-order valence-electron chi connectivity index (χ2n) is 6.18. The minimum Gasteiger partial charge on any atom is -0.492 e. The van der Waals surface area contributed by atoms with Crippen LogP contribution in [0.1, 0.15) is 25.0 Å². The standard InChI is InChI=1S/C19H18Br4Cl2O2/c1-19(2,11-3-5-12(6-4-11)26-9-7-24)13-14(20)16(22)18(27-10-8-25)17(23)15(13)21/h3-6H,7-10H2,1-2H3. The fraction of sp³-hybridized carbons (Fsp3) is 0.368. The highest BCUT2D eigenvalue weighted by molar-refractivity contribution is 9.14. The van der Waals surface area contributed by atoms with Gasteiger partial charge in [0, 0.05) is 14.4 Å². The molecule has 0 aliphatic rings. The minimum atomic E-state index is -0.293. The Balaban J connectivity index is 2.49. The van der Waals surface area contributed by atoms with Gasteiger partial charge in [-0.3, -0.25) is 0 Å². The summed E-state index contributed by atoms with van der Waals surface area (Å²) in [5, 5.41) is 0. The Morgan fingerprint density at radius 2 is 1.26 bits per heavy atom. The summed E-state index contributed by atoms with van der Waals surface area (Å²) in [5.74, 6) is 2.40. The van der Waals surface area contributed by atoms with E-state index in [0.29, 0.717) is 30.7 Å². The molecule has 0 radical (unpaired) electrons. The zero-order valence-electron chi connectivity index (χ0n) is 14.7. The molecule has 2 rings (SSSR count). The van der Waals surface area contributed by atoms with Gasteiger partial charge in [0.05, 0.1) is 20.7 Å². The van der Waals surface area contributed by atoms with Crippen molar-refractivity contribution in [3.8, 4) is 11.5 Å². The van der Waals surface area contributed by atoms with Crippen LogP contribution in [0.4, 0.5) is 0 Å². The van der Waals surface area contributed by atoms with Gasteiger partial charge in [0.15, 0.2) is 0 Å². The van der Waals surface area contributed by atoms with Crippen molar-refractivity contribution in [1.82, 2.24) is 0 Å². The zero-order valence-corrected chi connectivity index (χ0v) is 22.6. The molecule has 0 atom stereocenters. The first kappa shape index (κ1) is 23.8. The fourth-order valence-electron chi connectivity index (χ4n) is 2.70. The van der Waals surface area contributed by atoms with Crippen molar-refractivity contribution in [1.29, 1.82) is 0 Å². The van der Waals surface area contributed by atoms with Crippen LogP contribution in [0.2, 0.25) is 0 Å². The highest BCUT2D eigenvalue weighted by Crippen LogP contribution is 2.51. The van der Waals surface area contributed by atoms with Crippen LogP contribution in [0.15, 0.2) is 42.2 Å². The monoisotopic (exact) mass is 664 g/mol. The Morgan fingerprint density at radius 3 is 1.74 bits per heavy atom. The van der Waals surface area contributed by atoms with Gasteiger partial charge in [-0.15, -0.1) is 23.2 Å². The van der Waals surface area contributed by atoms with E-state index in [-0.39, 0.29) is 5.41 Å². The average molecular weight is 669 g/mol. The van der Waals surface area contributed by atoms with Crippen molar-refractivity contribution >= 4 is 86.9 Å². The van der Waals surface area contributed by atoms with E-state index in [9.17, 15) is 0 Å². The normalized spacial score (nSPS) is 11.6. The van der Waals surface area contributed by atoms with Crippen molar-refractivity contribution in [3.63, 3.8) is 0 Å². The van der Waals surface area contributed by atoms with Gasteiger partial charge < -0.3 is 9.47 Å². The topological polar surface area (TPSA) is 18.5 Å². The smallest absolute Gasteiger partial charge is 0.150 e. The molecule has 0 unspecified atom stereocenters. The molecule has 0 spiro atoms. The Bertz CT molecular complexity index is 766. The van der Waals surface area contributed by atoms with Crippen molar-refractivity contribution in [3.05, 3.63) is 53.3 Å². The summed E-state index contributed by atoms with van der Waals surface area (Å²) in [6, 6.07) is 8.07. The van der Waals surface area contributed by atoms with E-state index in [4.69, 9.17) is 32.7 Å². The number of benzene rings is 2. The lowest BCUT2D eigenvalue weighted by atomic mass is 9.78. The summed E-state index contributed by atoms with van der Waals surface area (Å²) < 4.78 is 14.9. The van der Waals surface area contributed by atoms with E-state index in [1.165, 1.54) is 0 Å². The molecule has 0 saturated heterocycles. The van der Waals surface area contributed by atoms with Gasteiger partial charge in [0.2, 0.25) is 0 Å². The first-order valence-corrected chi connectivity index (χ1v) is 12.3. The number of hydrogen-bond acceptors (Lipinski definition) is 2. The van der Waals surface area contributed by atoms with E-state index in [1.807, 2.05) is 12.1 Å². The van der Waals surface area contributed by atoms with E-state index < -0.39 is 0 Å². The molecule has 2 nitrogen and oxygen atoms in total. The summed E-state index contributed by atoms with van der Waals surface area (Å²) in [6.07, 6.45) is 0. The maximum Gasteiger partial charge on any atom is 0.150 e. The summed E-state index contributed by atoms with van der Waals surface area (Å²) in [5.41, 5.74) is 1.95. The molecular formula is C19H18Br4Cl2O2. The molecule has 0 aliphatic heterocycles. The molecule has 8 heteroatoms. The molecular weight excluding hydrogens is 651 g/mol. The van der Waals surface area contributed by atoms with Crippen LogP contribution in [0.3, 0.4) is 0 Å². The van der Waals surface area contributed by atoms with Crippen LogP contribution < -0.4 is 9.47 Å². The van der Waals surface area contributed by atoms with Gasteiger partial charge >= 0.3 is 0 Å². The maximum atomic E-state index is 5.79. The lowest BCUT2D eigenvalue weighted by Gasteiger charge is -2.30. The predicted octanol–water partition coefficient (Wildman–Crippen LogP) is 8.30. The van der Waals surface area contributed by atoms with E-state index >= 15 is 0 Å². The molecule has 2 aromatic carbocycles. The Labute approximate surface area is 203 Å². The third-order valence-corrected chi connectivity index (χ3v) is 8.57. The largest absolute Gasteiger partial charge is 0.492 e. The van der Waals surface area contributed by atoms with Crippen LogP contribution in [-0.4, -0.2) is 25.0 Å². The van der Waals surface area contributed by atoms with Crippen LogP contribution >= 0.6 is 86.9 Å². The predicted molar refractivity (Wildman–Crippen MR) is 128 cm³/mol. The molecule has 27 heavy (non-hydrogen) atoms. The highest BCUT2D eigenvalue weighted by Gasteiger charge is 2.32. The lowest BCUT2D eigenvalue weighted by molar-refractivity contribution is 0.337. The van der Waals surface area contributed by atoms with E-state index in [0.717, 1.165) is 34.8 Å². The fourth-order valence-corrected chi connectivity index (χ4v) is 6.15. The average Bonchev–Trinajstić information content (AvgIpc) is 2.65. The molecule has 0 fully saturated rings. The third-order valence-electron chi connectivity index (χ3n) is 4.09. The van der Waals surface area contributed by atoms with E-state index in [1.54, 1.807) is 0 Å². The summed E-state index contributed by atoms with van der Waals surface area (Å²) >= 11 is 26.2. The van der Waals surface area contributed by atoms with Gasteiger partial charge in [0.25, 0.3) is 0 Å². The molecule has 0 N–H and O–H groups in total. The SMILES string of the molecule is CC(C)(c1ccc(OCCCl)cc1)c1c(Br)c(Br)c(OCCCl)c(Br)c1Br. The molecule has 0 saturated carbocycles. The molecule has 0 heterocycles. The zero-order chi connectivity index (χ0) is 20.2. The maximum absolute atomic E-state index is 5.79. The molecule has 2 aromatic rings. The van der Waals surface area contributed by atoms with Gasteiger partial charge in [-0.2, -0.15) is 0 Å². The number of halogens is 6. The third kappa shape index (κ3) is 5.37. The van der Waals surface area contributed by atoms with Crippen LogP contribution in [0.5, 0.6) is 11.5 Å². The number of hydrogen-bond donors (Lipinski definition) is 0. The Hall–Kier alpha value is 0.540. The van der Waals surface area contributed by atoms with Gasteiger partial charge in [-0.05, 0) is 87.0 Å². The first-order valence-electron chi connectivity index (χ1n) is 8.10. The highest BCUT2D eigenvalue weighted by atomic mass is 79.9. The van der Waals surface area contributed by atoms with Gasteiger partial charge in [-0.1, -0.05) is 26.0 Å². The molecule has 0 amide bonds. The van der Waals surface area contributed by atoms with Crippen molar-refractivity contribution in [2.45, 2.75) is 19.3 Å². The molecule has 0 aromatic heterocycles. The van der Waals surface area contributed by atoms with E-state index in [2.05, 4.69) is 89.7 Å². The molecule has 148 valence electrons. The summed E-state index contributed by atoms with van der Waals surface area (Å²) in [7, 11) is 0. The molecule has 0 bridgehead atoms. The molecule has 0 aliphatic carbocycles. The number of alkyl halides is 2. The van der Waals surface area contributed by atoms with Gasteiger partial charge in [0.1, 0.15) is 24.7 Å². The van der Waals surface area contributed by atoms with Crippen LogP contribution in [0, 0.1) is 0 Å². The quantitative estimate of drug-likeness (QED) is 0.208. The second-order valence-corrected chi connectivity index (χ2v) is 10.1. The van der Waals surface area contributed by atoms with Crippen molar-refractivity contribution in [2.75, 3.05) is 25.0 Å². The second kappa shape index (κ2) is 10.5. The summed E-state index contributed by atoms with van der Waals surface area (Å²) in [4.78, 5) is 0. The van der Waals surface area contributed by atoms with Crippen molar-refractivity contribution < 1.29 is 9.47 Å². The van der Waals surface area contributed by atoms with Gasteiger partial charge in [-0.25, -0.2) is 0 Å². The van der Waals surface area contributed by atoms with Crippen LogP contribution in [-0.2, 0) is 5.41 Å². The Morgan fingerprint density at radius 1 is 0.778 bits per heavy atom.